The van der Waals surface area contributed by atoms with Crippen molar-refractivity contribution < 1.29 is 14.3 Å². The Kier molecular flexibility index (Phi) is 5.73. The first-order chi connectivity index (χ1) is 12.7. The Hall–Kier alpha value is -1.71. The fourth-order valence-electron chi connectivity index (χ4n) is 4.96. The molecule has 1 aromatic carbocycles. The van der Waals surface area contributed by atoms with Crippen molar-refractivity contribution in [1.29, 1.82) is 0 Å². The Bertz CT molecular complexity index is 679. The van der Waals surface area contributed by atoms with Gasteiger partial charge >= 0.3 is 6.09 Å². The van der Waals surface area contributed by atoms with Crippen LogP contribution in [0.15, 0.2) is 18.2 Å². The van der Waals surface area contributed by atoms with E-state index in [1.54, 1.807) is 0 Å². The van der Waals surface area contributed by atoms with Crippen LogP contribution in [-0.2, 0) is 16.6 Å². The minimum Gasteiger partial charge on any atom is -0.494 e. The molecule has 1 N–H and O–H groups in total. The van der Waals surface area contributed by atoms with Crippen LogP contribution in [0.25, 0.3) is 0 Å². The molecule has 0 heterocycles. The van der Waals surface area contributed by atoms with E-state index in [1.165, 1.54) is 30.4 Å². The molecule has 0 saturated heterocycles. The Morgan fingerprint density at radius 3 is 2.74 bits per heavy atom. The summed E-state index contributed by atoms with van der Waals surface area (Å²) in [4.78, 5) is 12.6. The van der Waals surface area contributed by atoms with Gasteiger partial charge in [0, 0.05) is 11.5 Å². The van der Waals surface area contributed by atoms with E-state index in [-0.39, 0.29) is 17.6 Å². The van der Waals surface area contributed by atoms with Gasteiger partial charge in [0.15, 0.2) is 0 Å². The Morgan fingerprint density at radius 2 is 2.04 bits per heavy atom. The fourth-order valence-corrected chi connectivity index (χ4v) is 4.96. The maximum atomic E-state index is 12.6. The summed E-state index contributed by atoms with van der Waals surface area (Å²) in [5.41, 5.74) is 2.17. The number of carbonyl (C=O) groups excluding carboxylic acids is 1. The van der Waals surface area contributed by atoms with Gasteiger partial charge in [0.1, 0.15) is 11.4 Å². The third kappa shape index (κ3) is 4.41. The third-order valence-corrected chi connectivity index (χ3v) is 6.09. The number of benzene rings is 1. The zero-order chi connectivity index (χ0) is 19.7. The molecule has 0 aliphatic heterocycles. The summed E-state index contributed by atoms with van der Waals surface area (Å²) in [6.07, 6.45) is 6.64. The van der Waals surface area contributed by atoms with Gasteiger partial charge in [0.2, 0.25) is 0 Å². The van der Waals surface area contributed by atoms with Crippen LogP contribution in [0.4, 0.5) is 4.79 Å². The Morgan fingerprint density at radius 1 is 1.26 bits per heavy atom. The van der Waals surface area contributed by atoms with Gasteiger partial charge in [-0.1, -0.05) is 32.3 Å². The first kappa shape index (κ1) is 20.0. The Balaban J connectivity index is 1.96. The highest BCUT2D eigenvalue weighted by molar-refractivity contribution is 5.69. The summed E-state index contributed by atoms with van der Waals surface area (Å²) >= 11 is 0. The molecule has 27 heavy (non-hydrogen) atoms. The molecule has 150 valence electrons. The van der Waals surface area contributed by atoms with Crippen LogP contribution in [0.5, 0.6) is 5.75 Å². The SMILES string of the molecule is CCOc1ccc2c(c1)[C@@]1(C)CCCCC[C@@H](C2)[C@@H]1NC(=O)OC(C)(C)C. The van der Waals surface area contributed by atoms with Crippen molar-refractivity contribution in [2.45, 2.75) is 90.2 Å². The Labute approximate surface area is 164 Å². The quantitative estimate of drug-likeness (QED) is 0.774. The molecule has 2 aliphatic rings. The molecule has 4 nitrogen and oxygen atoms in total. The smallest absolute Gasteiger partial charge is 0.407 e. The maximum Gasteiger partial charge on any atom is 0.407 e. The molecule has 0 spiro atoms. The molecule has 2 aliphatic carbocycles. The highest BCUT2D eigenvalue weighted by Gasteiger charge is 2.47. The number of nitrogens with one attached hydrogen (secondary N) is 1. The maximum absolute atomic E-state index is 12.6. The normalized spacial score (nSPS) is 27.7. The van der Waals surface area contributed by atoms with Crippen LogP contribution in [0, 0.1) is 5.92 Å². The van der Waals surface area contributed by atoms with Gasteiger partial charge in [-0.15, -0.1) is 0 Å². The largest absolute Gasteiger partial charge is 0.494 e. The number of amides is 1. The lowest BCUT2D eigenvalue weighted by atomic mass is 9.59. The highest BCUT2D eigenvalue weighted by atomic mass is 16.6. The predicted molar refractivity (Wildman–Crippen MR) is 108 cm³/mol. The van der Waals surface area contributed by atoms with Crippen LogP contribution >= 0.6 is 0 Å². The molecule has 0 aromatic heterocycles. The number of alkyl carbamates (subject to hydrolysis) is 1. The number of rotatable bonds is 3. The van der Waals surface area contributed by atoms with E-state index in [1.807, 2.05) is 27.7 Å². The summed E-state index contributed by atoms with van der Waals surface area (Å²) in [6.45, 7) is 10.7. The first-order valence-corrected chi connectivity index (χ1v) is 10.5. The molecular weight excluding hydrogens is 338 g/mol. The topological polar surface area (TPSA) is 47.6 Å². The molecule has 0 radical (unpaired) electrons. The van der Waals surface area contributed by atoms with Crippen molar-refractivity contribution in [1.82, 2.24) is 5.32 Å². The number of hydrogen-bond donors (Lipinski definition) is 1. The van der Waals surface area contributed by atoms with Crippen LogP contribution in [-0.4, -0.2) is 24.3 Å². The first-order valence-electron chi connectivity index (χ1n) is 10.5. The lowest BCUT2D eigenvalue weighted by molar-refractivity contribution is 0.0417. The van der Waals surface area contributed by atoms with Gasteiger partial charge in [-0.05, 0) is 76.1 Å². The summed E-state index contributed by atoms with van der Waals surface area (Å²) in [5.74, 6) is 1.38. The average molecular weight is 374 g/mol. The van der Waals surface area contributed by atoms with Crippen molar-refractivity contribution >= 4 is 6.09 Å². The van der Waals surface area contributed by atoms with Crippen LogP contribution in [0.3, 0.4) is 0 Å². The molecule has 1 fully saturated rings. The molecular formula is C23H35NO3. The van der Waals surface area contributed by atoms with Crippen molar-refractivity contribution in [2.24, 2.45) is 5.92 Å². The second-order valence-electron chi connectivity index (χ2n) is 9.36. The molecule has 4 heteroatoms. The monoisotopic (exact) mass is 373 g/mol. The number of carbonyl (C=O) groups is 1. The van der Waals surface area contributed by atoms with Crippen molar-refractivity contribution in [3.05, 3.63) is 29.3 Å². The molecule has 1 aromatic rings. The standard InChI is InChI=1S/C23H35NO3/c1-6-26-18-12-11-16-14-17-10-8-7-9-13-23(5,19(16)15-18)20(17)24-21(25)27-22(2,3)4/h11-12,15,17,20H,6-10,13-14H2,1-5H3,(H,24,25)/t17-,20-,23+/m0/s1. The van der Waals surface area contributed by atoms with Gasteiger partial charge in [-0.2, -0.15) is 0 Å². The van der Waals surface area contributed by atoms with Crippen molar-refractivity contribution in [3.63, 3.8) is 0 Å². The van der Waals surface area contributed by atoms with Gasteiger partial charge in [0.05, 0.1) is 6.61 Å². The van der Waals surface area contributed by atoms with E-state index in [9.17, 15) is 4.79 Å². The number of fused-ring (bicyclic) bond motifs is 4. The van der Waals surface area contributed by atoms with E-state index >= 15 is 0 Å². The van der Waals surface area contributed by atoms with E-state index in [0.717, 1.165) is 25.0 Å². The molecule has 3 atom stereocenters. The second-order valence-corrected chi connectivity index (χ2v) is 9.36. The van der Waals surface area contributed by atoms with Crippen molar-refractivity contribution in [2.75, 3.05) is 6.61 Å². The molecule has 2 bridgehead atoms. The minimum atomic E-state index is -0.484. The zero-order valence-electron chi connectivity index (χ0n) is 17.6. The van der Waals surface area contributed by atoms with Crippen molar-refractivity contribution in [3.8, 4) is 5.75 Å². The minimum absolute atomic E-state index is 0.0945. The molecule has 1 amide bonds. The van der Waals surface area contributed by atoms with E-state index in [0.29, 0.717) is 12.5 Å². The van der Waals surface area contributed by atoms with E-state index < -0.39 is 5.60 Å². The molecule has 1 saturated carbocycles. The third-order valence-electron chi connectivity index (χ3n) is 6.09. The fraction of sp³-hybridized carbons (Fsp3) is 0.696. The van der Waals surface area contributed by atoms with E-state index in [4.69, 9.17) is 9.47 Å². The summed E-state index contributed by atoms with van der Waals surface area (Å²) < 4.78 is 11.4. The number of ether oxygens (including phenoxy) is 2. The average Bonchev–Trinajstić information content (AvgIpc) is 2.56. The number of hydrogen-bond acceptors (Lipinski definition) is 3. The highest BCUT2D eigenvalue weighted by Crippen LogP contribution is 2.47. The lowest BCUT2D eigenvalue weighted by Crippen LogP contribution is -2.57. The lowest BCUT2D eigenvalue weighted by Gasteiger charge is -2.49. The van der Waals surface area contributed by atoms with Crippen LogP contribution in [0.2, 0.25) is 0 Å². The van der Waals surface area contributed by atoms with Gasteiger partial charge in [-0.3, -0.25) is 0 Å². The predicted octanol–water partition coefficient (Wildman–Crippen LogP) is 5.37. The molecule has 0 unspecified atom stereocenters. The van der Waals surface area contributed by atoms with Crippen LogP contribution in [0.1, 0.15) is 77.8 Å². The van der Waals surface area contributed by atoms with E-state index in [2.05, 4.69) is 30.4 Å². The molecule has 3 rings (SSSR count). The second kappa shape index (κ2) is 7.73. The van der Waals surface area contributed by atoms with Gasteiger partial charge < -0.3 is 14.8 Å². The zero-order valence-corrected chi connectivity index (χ0v) is 17.6. The van der Waals surface area contributed by atoms with Gasteiger partial charge in [-0.25, -0.2) is 4.79 Å². The van der Waals surface area contributed by atoms with Gasteiger partial charge in [0.25, 0.3) is 0 Å². The summed E-state index contributed by atoms with van der Waals surface area (Å²) in [6, 6.07) is 6.63. The summed E-state index contributed by atoms with van der Waals surface area (Å²) in [7, 11) is 0. The summed E-state index contributed by atoms with van der Waals surface area (Å²) in [5, 5.41) is 3.28. The van der Waals surface area contributed by atoms with Crippen LogP contribution < -0.4 is 10.1 Å².